The molecule has 2 aliphatic carbocycles. The quantitative estimate of drug-likeness (QED) is 0.452. The van der Waals surface area contributed by atoms with Gasteiger partial charge in [0, 0.05) is 38.4 Å². The van der Waals surface area contributed by atoms with E-state index in [1.54, 1.807) is 25.2 Å². The van der Waals surface area contributed by atoms with E-state index in [4.69, 9.17) is 0 Å². The number of benzene rings is 1. The van der Waals surface area contributed by atoms with Gasteiger partial charge in [-0.1, -0.05) is 6.42 Å². The molecule has 0 bridgehead atoms. The smallest absolute Gasteiger partial charge is 0.270 e. The largest absolute Gasteiger partial charge is 0.369 e. The van der Waals surface area contributed by atoms with Crippen LogP contribution in [0.25, 0.3) is 11.0 Å². The van der Waals surface area contributed by atoms with Crippen LogP contribution in [-0.2, 0) is 7.05 Å². The molecule has 3 aromatic rings. The van der Waals surface area contributed by atoms with E-state index in [0.29, 0.717) is 34.2 Å². The Morgan fingerprint density at radius 3 is 2.37 bits per heavy atom. The van der Waals surface area contributed by atoms with Crippen LogP contribution < -0.4 is 15.4 Å². The van der Waals surface area contributed by atoms with Crippen molar-refractivity contribution in [3.8, 4) is 12.1 Å². The maximum absolute atomic E-state index is 14.0. The number of fused-ring (bicyclic) bond motifs is 1. The van der Waals surface area contributed by atoms with Gasteiger partial charge in [-0.3, -0.25) is 4.79 Å². The SMILES string of the molecule is Cc1cc(N(CC2CCC2)[C@H]2CC[C@@H](N(C)c3c(C#N)c(=O)n(C)c4ccc(C#N)nc34)CC2)ccc1F. The van der Waals surface area contributed by atoms with E-state index in [9.17, 15) is 19.7 Å². The molecule has 2 heterocycles. The zero-order valence-corrected chi connectivity index (χ0v) is 22.2. The van der Waals surface area contributed by atoms with Gasteiger partial charge in [-0.05, 0) is 87.3 Å². The van der Waals surface area contributed by atoms with E-state index in [2.05, 4.69) is 22.0 Å². The van der Waals surface area contributed by atoms with Gasteiger partial charge in [0.2, 0.25) is 0 Å². The summed E-state index contributed by atoms with van der Waals surface area (Å²) in [5.74, 6) is 0.511. The molecule has 0 N–H and O–H groups in total. The van der Waals surface area contributed by atoms with Gasteiger partial charge in [0.1, 0.15) is 34.7 Å². The number of aryl methyl sites for hydroxylation is 2. The zero-order valence-electron chi connectivity index (χ0n) is 22.2. The Bertz CT molecular complexity index is 1500. The Balaban J connectivity index is 1.43. The van der Waals surface area contributed by atoms with E-state index < -0.39 is 0 Å². The number of rotatable bonds is 6. The van der Waals surface area contributed by atoms with Crippen LogP contribution in [0, 0.1) is 41.3 Å². The Labute approximate surface area is 222 Å². The molecule has 5 rings (SSSR count). The summed E-state index contributed by atoms with van der Waals surface area (Å²) in [5, 5.41) is 19.4. The van der Waals surface area contributed by atoms with Crippen molar-refractivity contribution in [1.29, 1.82) is 10.5 Å². The summed E-state index contributed by atoms with van der Waals surface area (Å²) >= 11 is 0. The number of pyridine rings is 2. The number of anilines is 2. The molecule has 38 heavy (non-hydrogen) atoms. The molecular formula is C30H33FN6O. The maximum Gasteiger partial charge on any atom is 0.270 e. The highest BCUT2D eigenvalue weighted by Gasteiger charge is 2.33. The van der Waals surface area contributed by atoms with Crippen molar-refractivity contribution < 1.29 is 4.39 Å². The van der Waals surface area contributed by atoms with Gasteiger partial charge in [0.25, 0.3) is 5.56 Å². The summed E-state index contributed by atoms with van der Waals surface area (Å²) in [4.78, 5) is 22.1. The Kier molecular flexibility index (Phi) is 7.08. The third-order valence-corrected chi connectivity index (χ3v) is 8.60. The van der Waals surface area contributed by atoms with Crippen molar-refractivity contribution in [3.63, 3.8) is 0 Å². The number of nitriles is 2. The lowest BCUT2D eigenvalue weighted by Crippen LogP contribution is -2.46. The van der Waals surface area contributed by atoms with Gasteiger partial charge in [0.05, 0.1) is 11.2 Å². The molecule has 0 saturated heterocycles. The van der Waals surface area contributed by atoms with Crippen molar-refractivity contribution in [1.82, 2.24) is 9.55 Å². The van der Waals surface area contributed by atoms with Gasteiger partial charge in [-0.15, -0.1) is 0 Å². The predicted molar refractivity (Wildman–Crippen MR) is 147 cm³/mol. The van der Waals surface area contributed by atoms with Crippen molar-refractivity contribution in [2.24, 2.45) is 13.0 Å². The second-order valence-electron chi connectivity index (χ2n) is 10.8. The number of aromatic nitrogens is 2. The molecular weight excluding hydrogens is 479 g/mol. The molecule has 0 radical (unpaired) electrons. The second-order valence-corrected chi connectivity index (χ2v) is 10.8. The third kappa shape index (κ3) is 4.60. The minimum atomic E-state index is -0.361. The summed E-state index contributed by atoms with van der Waals surface area (Å²) in [6.07, 6.45) is 7.48. The molecule has 7 nitrogen and oxygen atoms in total. The summed E-state index contributed by atoms with van der Waals surface area (Å²) in [5.41, 5.74) is 3.31. The normalized spacial score (nSPS) is 19.4. The van der Waals surface area contributed by atoms with Crippen molar-refractivity contribution >= 4 is 22.4 Å². The van der Waals surface area contributed by atoms with E-state index >= 15 is 0 Å². The second kappa shape index (κ2) is 10.5. The topological polar surface area (TPSA) is 89.0 Å². The lowest BCUT2D eigenvalue weighted by Gasteiger charge is -2.44. The first-order valence-corrected chi connectivity index (χ1v) is 13.4. The first-order valence-electron chi connectivity index (χ1n) is 13.4. The molecule has 0 atom stereocenters. The van der Waals surface area contributed by atoms with Gasteiger partial charge >= 0.3 is 0 Å². The first kappa shape index (κ1) is 25.7. The number of nitrogens with zero attached hydrogens (tertiary/aromatic N) is 6. The molecule has 2 saturated carbocycles. The molecule has 0 unspecified atom stereocenters. The highest BCUT2D eigenvalue weighted by atomic mass is 19.1. The van der Waals surface area contributed by atoms with E-state index in [1.807, 2.05) is 31.0 Å². The highest BCUT2D eigenvalue weighted by molar-refractivity contribution is 5.92. The van der Waals surface area contributed by atoms with E-state index in [1.165, 1.54) is 23.8 Å². The monoisotopic (exact) mass is 512 g/mol. The van der Waals surface area contributed by atoms with Crippen LogP contribution >= 0.6 is 0 Å². The summed E-state index contributed by atoms with van der Waals surface area (Å²) in [6, 6.07) is 13.4. The minimum Gasteiger partial charge on any atom is -0.369 e. The number of halogens is 1. The Morgan fingerprint density at radius 2 is 1.76 bits per heavy atom. The lowest BCUT2D eigenvalue weighted by molar-refractivity contribution is 0.291. The van der Waals surface area contributed by atoms with Gasteiger partial charge < -0.3 is 14.4 Å². The van der Waals surface area contributed by atoms with Crippen LogP contribution in [0.5, 0.6) is 0 Å². The van der Waals surface area contributed by atoms with Gasteiger partial charge in [0.15, 0.2) is 0 Å². The maximum atomic E-state index is 14.0. The summed E-state index contributed by atoms with van der Waals surface area (Å²) in [7, 11) is 3.55. The van der Waals surface area contributed by atoms with Crippen molar-refractivity contribution in [2.75, 3.05) is 23.4 Å². The van der Waals surface area contributed by atoms with E-state index in [-0.39, 0.29) is 28.7 Å². The van der Waals surface area contributed by atoms with E-state index in [0.717, 1.165) is 37.9 Å². The Hall–Kier alpha value is -3.91. The van der Waals surface area contributed by atoms with Crippen LogP contribution in [0.2, 0.25) is 0 Å². The fourth-order valence-corrected chi connectivity index (χ4v) is 6.07. The molecule has 0 spiro atoms. The predicted octanol–water partition coefficient (Wildman–Crippen LogP) is 5.18. The standard InChI is InChI=1S/C30H33FN6O/c1-19-15-24(12-13-26(19)31)37(18-20-5-4-6-20)23-10-8-22(9-11-23)35(2)29-25(17-33)30(38)36(3)27-14-7-21(16-32)34-28(27)29/h7,12-15,20,22-23H,4-6,8-11,18H2,1-3H3/t22-,23+. The lowest BCUT2D eigenvalue weighted by atomic mass is 9.83. The molecule has 2 fully saturated rings. The molecule has 8 heteroatoms. The first-order chi connectivity index (χ1) is 18.3. The fourth-order valence-electron chi connectivity index (χ4n) is 6.07. The van der Waals surface area contributed by atoms with Gasteiger partial charge in [-0.2, -0.15) is 10.5 Å². The molecule has 0 amide bonds. The van der Waals surface area contributed by atoms with Crippen LogP contribution in [0.1, 0.15) is 61.8 Å². The minimum absolute atomic E-state index is 0.0561. The molecule has 2 aliphatic rings. The molecule has 1 aromatic carbocycles. The van der Waals surface area contributed by atoms with Crippen molar-refractivity contribution in [2.45, 2.75) is 64.0 Å². The van der Waals surface area contributed by atoms with Gasteiger partial charge in [-0.25, -0.2) is 9.37 Å². The zero-order chi connectivity index (χ0) is 27.0. The number of hydrogen-bond acceptors (Lipinski definition) is 6. The summed E-state index contributed by atoms with van der Waals surface area (Å²) in [6.45, 7) is 2.81. The Morgan fingerprint density at radius 1 is 1.05 bits per heavy atom. The summed E-state index contributed by atoms with van der Waals surface area (Å²) < 4.78 is 15.5. The average Bonchev–Trinajstić information content (AvgIpc) is 2.91. The molecule has 196 valence electrons. The van der Waals surface area contributed by atoms with Crippen molar-refractivity contribution in [3.05, 3.63) is 63.3 Å². The average molecular weight is 513 g/mol. The van der Waals surface area contributed by atoms with Crippen LogP contribution in [0.4, 0.5) is 15.8 Å². The van der Waals surface area contributed by atoms with Crippen LogP contribution in [0.3, 0.4) is 0 Å². The molecule has 2 aromatic heterocycles. The third-order valence-electron chi connectivity index (χ3n) is 8.60. The van der Waals surface area contributed by atoms with Crippen LogP contribution in [0.15, 0.2) is 35.1 Å². The molecule has 0 aliphatic heterocycles. The fraction of sp³-hybridized carbons (Fsp3) is 0.467. The van der Waals surface area contributed by atoms with Crippen LogP contribution in [-0.4, -0.2) is 35.2 Å². The highest BCUT2D eigenvalue weighted by Crippen LogP contribution is 2.37. The number of hydrogen-bond donors (Lipinski definition) is 0.